The molecule has 1 aromatic carbocycles. The second-order valence-electron chi connectivity index (χ2n) is 5.17. The Kier molecular flexibility index (Phi) is 7.81. The SMILES string of the molecule is CSC(C)(C)CN=C(N)Nc1cc(C)cc(C)c1.I. The van der Waals surface area contributed by atoms with E-state index in [1.807, 2.05) is 0 Å². The topological polar surface area (TPSA) is 50.4 Å². The fourth-order valence-corrected chi connectivity index (χ4v) is 1.77. The van der Waals surface area contributed by atoms with E-state index in [1.54, 1.807) is 11.8 Å². The quantitative estimate of drug-likeness (QED) is 0.465. The Morgan fingerprint density at radius 1 is 1.26 bits per heavy atom. The molecule has 5 heteroatoms. The highest BCUT2D eigenvalue weighted by atomic mass is 127. The zero-order valence-electron chi connectivity index (χ0n) is 12.3. The highest BCUT2D eigenvalue weighted by molar-refractivity contribution is 14.0. The largest absolute Gasteiger partial charge is 0.370 e. The molecule has 0 aromatic heterocycles. The highest BCUT2D eigenvalue weighted by Gasteiger charge is 2.14. The van der Waals surface area contributed by atoms with Gasteiger partial charge in [0.2, 0.25) is 0 Å². The molecule has 1 aromatic rings. The number of benzene rings is 1. The van der Waals surface area contributed by atoms with E-state index in [0.29, 0.717) is 12.5 Å². The molecule has 0 atom stereocenters. The first kappa shape index (κ1) is 18.6. The second-order valence-corrected chi connectivity index (χ2v) is 6.68. The van der Waals surface area contributed by atoms with Crippen molar-refractivity contribution in [3.63, 3.8) is 0 Å². The minimum atomic E-state index is 0. The van der Waals surface area contributed by atoms with E-state index in [0.717, 1.165) is 5.69 Å². The van der Waals surface area contributed by atoms with Crippen molar-refractivity contribution in [2.75, 3.05) is 18.1 Å². The summed E-state index contributed by atoms with van der Waals surface area (Å²) in [4.78, 5) is 4.38. The van der Waals surface area contributed by atoms with E-state index in [-0.39, 0.29) is 28.7 Å². The molecule has 3 N–H and O–H groups in total. The van der Waals surface area contributed by atoms with E-state index in [1.165, 1.54) is 11.1 Å². The fourth-order valence-electron chi connectivity index (χ4n) is 1.57. The van der Waals surface area contributed by atoms with E-state index >= 15 is 0 Å². The molecular weight excluding hydrogens is 369 g/mol. The number of anilines is 1. The van der Waals surface area contributed by atoms with Gasteiger partial charge in [0.1, 0.15) is 0 Å². The Bertz CT molecular complexity index is 424. The van der Waals surface area contributed by atoms with Crippen LogP contribution in [0.4, 0.5) is 5.69 Å². The Balaban J connectivity index is 0.00000324. The van der Waals surface area contributed by atoms with E-state index in [2.05, 4.69) is 62.5 Å². The number of halogens is 1. The van der Waals surface area contributed by atoms with Crippen molar-refractivity contribution >= 4 is 47.4 Å². The van der Waals surface area contributed by atoms with Gasteiger partial charge in [0.05, 0.1) is 6.54 Å². The molecule has 0 radical (unpaired) electrons. The van der Waals surface area contributed by atoms with Crippen molar-refractivity contribution in [3.05, 3.63) is 29.3 Å². The summed E-state index contributed by atoms with van der Waals surface area (Å²) in [5.74, 6) is 0.474. The number of aliphatic imine (C=N–C) groups is 1. The monoisotopic (exact) mass is 393 g/mol. The van der Waals surface area contributed by atoms with Crippen molar-refractivity contribution in [1.29, 1.82) is 0 Å². The molecule has 0 amide bonds. The van der Waals surface area contributed by atoms with Crippen molar-refractivity contribution in [2.24, 2.45) is 10.7 Å². The predicted molar refractivity (Wildman–Crippen MR) is 99.0 cm³/mol. The van der Waals surface area contributed by atoms with Crippen LogP contribution in [0, 0.1) is 13.8 Å². The first-order valence-electron chi connectivity index (χ1n) is 6.03. The molecule has 108 valence electrons. The zero-order valence-corrected chi connectivity index (χ0v) is 15.4. The van der Waals surface area contributed by atoms with Crippen LogP contribution in [0.15, 0.2) is 23.2 Å². The maximum Gasteiger partial charge on any atom is 0.193 e. The van der Waals surface area contributed by atoms with Crippen molar-refractivity contribution in [2.45, 2.75) is 32.4 Å². The van der Waals surface area contributed by atoms with Gasteiger partial charge in [-0.3, -0.25) is 4.99 Å². The lowest BCUT2D eigenvalue weighted by Gasteiger charge is -2.19. The first-order valence-corrected chi connectivity index (χ1v) is 7.25. The Morgan fingerprint density at radius 2 is 1.79 bits per heavy atom. The summed E-state index contributed by atoms with van der Waals surface area (Å²) in [6.45, 7) is 9.17. The normalized spacial score (nSPS) is 11.9. The summed E-state index contributed by atoms with van der Waals surface area (Å²) in [6, 6.07) is 6.26. The summed E-state index contributed by atoms with van der Waals surface area (Å²) >= 11 is 1.79. The number of hydrogen-bond acceptors (Lipinski definition) is 2. The number of nitrogens with two attached hydrogens (primary N) is 1. The summed E-state index contributed by atoms with van der Waals surface area (Å²) in [5, 5.41) is 3.14. The number of guanidine groups is 1. The minimum absolute atomic E-state index is 0. The Hall–Kier alpha value is -0.430. The van der Waals surface area contributed by atoms with Crippen LogP contribution in [-0.2, 0) is 0 Å². The molecule has 0 heterocycles. The second kappa shape index (κ2) is 7.99. The van der Waals surface area contributed by atoms with E-state index < -0.39 is 0 Å². The smallest absolute Gasteiger partial charge is 0.193 e. The number of nitrogens with one attached hydrogen (secondary N) is 1. The van der Waals surface area contributed by atoms with Gasteiger partial charge >= 0.3 is 0 Å². The average Bonchev–Trinajstić information content (AvgIpc) is 2.25. The van der Waals surface area contributed by atoms with Gasteiger partial charge in [-0.05, 0) is 57.2 Å². The third-order valence-corrected chi connectivity index (χ3v) is 3.91. The molecule has 0 fully saturated rings. The number of rotatable bonds is 4. The van der Waals surface area contributed by atoms with Crippen molar-refractivity contribution < 1.29 is 0 Å². The first-order chi connectivity index (χ1) is 8.32. The third kappa shape index (κ3) is 7.06. The Labute approximate surface area is 137 Å². The van der Waals surface area contributed by atoms with Crippen LogP contribution in [0.5, 0.6) is 0 Å². The summed E-state index contributed by atoms with van der Waals surface area (Å²) in [5.41, 5.74) is 9.33. The summed E-state index contributed by atoms with van der Waals surface area (Å²) in [6.07, 6.45) is 2.09. The fraction of sp³-hybridized carbons (Fsp3) is 0.500. The molecular formula is C14H24IN3S. The third-order valence-electron chi connectivity index (χ3n) is 2.68. The van der Waals surface area contributed by atoms with Crippen LogP contribution in [0.3, 0.4) is 0 Å². The van der Waals surface area contributed by atoms with Crippen LogP contribution in [0.2, 0.25) is 0 Å². The van der Waals surface area contributed by atoms with Crippen LogP contribution in [0.25, 0.3) is 0 Å². The Morgan fingerprint density at radius 3 is 2.26 bits per heavy atom. The van der Waals surface area contributed by atoms with Gasteiger partial charge in [0.15, 0.2) is 5.96 Å². The number of aryl methyl sites for hydroxylation is 2. The lowest BCUT2D eigenvalue weighted by Crippen LogP contribution is -2.27. The van der Waals surface area contributed by atoms with Crippen LogP contribution >= 0.6 is 35.7 Å². The molecule has 1 rings (SSSR count). The van der Waals surface area contributed by atoms with Gasteiger partial charge in [-0.2, -0.15) is 11.8 Å². The molecule has 0 unspecified atom stereocenters. The van der Waals surface area contributed by atoms with Crippen LogP contribution < -0.4 is 11.1 Å². The van der Waals surface area contributed by atoms with Crippen LogP contribution in [-0.4, -0.2) is 23.5 Å². The van der Waals surface area contributed by atoms with Gasteiger partial charge < -0.3 is 11.1 Å². The molecule has 0 aliphatic heterocycles. The standard InChI is InChI=1S/C14H23N3S.HI/c1-10-6-11(2)8-12(7-10)17-13(15)16-9-14(3,4)18-5;/h6-8H,9H2,1-5H3,(H3,15,16,17);1H. The van der Waals surface area contributed by atoms with Crippen molar-refractivity contribution in [1.82, 2.24) is 0 Å². The average molecular weight is 393 g/mol. The van der Waals surface area contributed by atoms with E-state index in [9.17, 15) is 0 Å². The van der Waals surface area contributed by atoms with Crippen molar-refractivity contribution in [3.8, 4) is 0 Å². The van der Waals surface area contributed by atoms with Gasteiger partial charge in [0, 0.05) is 10.4 Å². The molecule has 3 nitrogen and oxygen atoms in total. The maximum absolute atomic E-state index is 5.90. The maximum atomic E-state index is 5.90. The number of nitrogens with zero attached hydrogens (tertiary/aromatic N) is 1. The molecule has 0 aliphatic rings. The lowest BCUT2D eigenvalue weighted by molar-refractivity contribution is 0.726. The molecule has 0 bridgehead atoms. The molecule has 0 saturated heterocycles. The molecule has 0 spiro atoms. The van der Waals surface area contributed by atoms with Gasteiger partial charge in [-0.1, -0.05) is 6.07 Å². The molecule has 19 heavy (non-hydrogen) atoms. The van der Waals surface area contributed by atoms with E-state index in [4.69, 9.17) is 5.73 Å². The van der Waals surface area contributed by atoms with Gasteiger partial charge in [-0.25, -0.2) is 0 Å². The number of thioether (sulfide) groups is 1. The summed E-state index contributed by atoms with van der Waals surface area (Å²) < 4.78 is 0.120. The minimum Gasteiger partial charge on any atom is -0.370 e. The number of hydrogen-bond donors (Lipinski definition) is 2. The predicted octanol–water partition coefficient (Wildman–Crippen LogP) is 3.79. The van der Waals surface area contributed by atoms with Gasteiger partial charge in [0.25, 0.3) is 0 Å². The highest BCUT2D eigenvalue weighted by Crippen LogP contribution is 2.21. The van der Waals surface area contributed by atoms with Gasteiger partial charge in [-0.15, -0.1) is 24.0 Å². The molecule has 0 saturated carbocycles. The lowest BCUT2D eigenvalue weighted by atomic mass is 10.1. The summed E-state index contributed by atoms with van der Waals surface area (Å²) in [7, 11) is 0. The molecule has 0 aliphatic carbocycles. The zero-order chi connectivity index (χ0) is 13.8. The van der Waals surface area contributed by atoms with Crippen LogP contribution in [0.1, 0.15) is 25.0 Å².